The zero-order valence-electron chi connectivity index (χ0n) is 22.9. The van der Waals surface area contributed by atoms with Crippen molar-refractivity contribution in [3.63, 3.8) is 0 Å². The van der Waals surface area contributed by atoms with Crippen LogP contribution in [0.3, 0.4) is 0 Å². The number of piperazine rings is 1. The van der Waals surface area contributed by atoms with Crippen molar-refractivity contribution in [2.75, 3.05) is 50.7 Å². The van der Waals surface area contributed by atoms with E-state index in [0.717, 1.165) is 49.2 Å². The molecule has 212 valence electrons. The Morgan fingerprint density at radius 1 is 1.05 bits per heavy atom. The van der Waals surface area contributed by atoms with Crippen LogP contribution in [0.25, 0.3) is 0 Å². The Bertz CT molecular complexity index is 1160. The molecule has 2 aliphatic heterocycles. The van der Waals surface area contributed by atoms with Crippen molar-refractivity contribution < 1.29 is 14.0 Å². The van der Waals surface area contributed by atoms with E-state index in [9.17, 15) is 14.0 Å². The molecule has 2 amide bonds. The lowest BCUT2D eigenvalue weighted by atomic mass is 9.98. The van der Waals surface area contributed by atoms with Gasteiger partial charge in [-0.15, -0.1) is 0 Å². The van der Waals surface area contributed by atoms with Crippen molar-refractivity contribution in [1.29, 1.82) is 0 Å². The van der Waals surface area contributed by atoms with Crippen LogP contribution in [-0.2, 0) is 22.4 Å². The maximum atomic E-state index is 14.2. The van der Waals surface area contributed by atoms with E-state index < -0.39 is 6.04 Å². The summed E-state index contributed by atoms with van der Waals surface area (Å²) in [5, 5.41) is 4.42. The van der Waals surface area contributed by atoms with Gasteiger partial charge >= 0.3 is 0 Å². The van der Waals surface area contributed by atoms with Gasteiger partial charge in [0.05, 0.1) is 0 Å². The monoisotopic (exact) mass is 576 g/mol. The summed E-state index contributed by atoms with van der Waals surface area (Å²) in [6.45, 7) is 9.16. The average molecular weight is 578 g/mol. The standard InChI is InChI=1S/C30H39Cl2FN4O2/c1-3-34-20-21(2)6-7-23-17-25(33)10-11-27(23)35-13-15-36(16-14-35)30(39)28(37-12-4-5-29(37)38)18-22-8-9-24(31)19-26(22)32/h8-11,17,19,21,28,34H,3-7,12-16,18,20H2,1-2H3. The minimum absolute atomic E-state index is 0.0105. The second-order valence-electron chi connectivity index (χ2n) is 10.7. The van der Waals surface area contributed by atoms with Gasteiger partial charge < -0.3 is 20.0 Å². The van der Waals surface area contributed by atoms with Gasteiger partial charge in [-0.05, 0) is 79.7 Å². The fourth-order valence-corrected chi connectivity index (χ4v) is 6.05. The van der Waals surface area contributed by atoms with Crippen LogP contribution in [0.1, 0.15) is 44.2 Å². The Morgan fingerprint density at radius 3 is 2.49 bits per heavy atom. The number of halogens is 3. The smallest absolute Gasteiger partial charge is 0.245 e. The van der Waals surface area contributed by atoms with Gasteiger partial charge in [-0.1, -0.05) is 43.1 Å². The highest BCUT2D eigenvalue weighted by molar-refractivity contribution is 6.35. The number of carbonyl (C=O) groups excluding carboxylic acids is 2. The Morgan fingerprint density at radius 2 is 1.82 bits per heavy atom. The normalized spacial score (nSPS) is 17.6. The van der Waals surface area contributed by atoms with Crippen molar-refractivity contribution in [2.45, 2.75) is 52.0 Å². The summed E-state index contributed by atoms with van der Waals surface area (Å²) in [6, 6.07) is 9.71. The van der Waals surface area contributed by atoms with Gasteiger partial charge in [-0.2, -0.15) is 0 Å². The molecule has 2 unspecified atom stereocenters. The largest absolute Gasteiger partial charge is 0.368 e. The third-order valence-corrected chi connectivity index (χ3v) is 8.41. The summed E-state index contributed by atoms with van der Waals surface area (Å²) in [5.74, 6) is 0.236. The third kappa shape index (κ3) is 7.65. The number of hydrogen-bond donors (Lipinski definition) is 1. The maximum absolute atomic E-state index is 14.2. The lowest BCUT2D eigenvalue weighted by Crippen LogP contribution is -2.56. The first kappa shape index (κ1) is 29.6. The van der Waals surface area contributed by atoms with Gasteiger partial charge in [-0.25, -0.2) is 4.39 Å². The zero-order chi connectivity index (χ0) is 27.9. The molecule has 2 aromatic carbocycles. The molecule has 2 saturated heterocycles. The molecule has 0 saturated carbocycles. The summed E-state index contributed by atoms with van der Waals surface area (Å²) >= 11 is 12.5. The zero-order valence-corrected chi connectivity index (χ0v) is 24.4. The van der Waals surface area contributed by atoms with Crippen molar-refractivity contribution in [2.24, 2.45) is 5.92 Å². The summed E-state index contributed by atoms with van der Waals surface area (Å²) < 4.78 is 14.2. The van der Waals surface area contributed by atoms with E-state index in [1.807, 2.05) is 17.0 Å². The van der Waals surface area contributed by atoms with E-state index in [1.165, 1.54) is 6.07 Å². The predicted molar refractivity (Wildman–Crippen MR) is 156 cm³/mol. The van der Waals surface area contributed by atoms with Crippen LogP contribution in [0, 0.1) is 11.7 Å². The highest BCUT2D eigenvalue weighted by Gasteiger charge is 2.37. The van der Waals surface area contributed by atoms with Crippen LogP contribution >= 0.6 is 23.2 Å². The fourth-order valence-electron chi connectivity index (χ4n) is 5.56. The van der Waals surface area contributed by atoms with Gasteiger partial charge in [0.15, 0.2) is 0 Å². The Labute approximate surface area is 241 Å². The fraction of sp³-hybridized carbons (Fsp3) is 0.533. The number of aryl methyl sites for hydroxylation is 1. The van der Waals surface area contributed by atoms with Gasteiger partial charge in [-0.3, -0.25) is 9.59 Å². The van der Waals surface area contributed by atoms with E-state index in [1.54, 1.807) is 23.1 Å². The van der Waals surface area contributed by atoms with Crippen molar-refractivity contribution in [3.05, 3.63) is 63.4 Å². The summed E-state index contributed by atoms with van der Waals surface area (Å²) in [7, 11) is 0. The number of nitrogens with zero attached hydrogens (tertiary/aromatic N) is 3. The SMILES string of the molecule is CCNCC(C)CCc1cc(F)ccc1N1CCN(C(=O)C(Cc2ccc(Cl)cc2Cl)N2CCCC2=O)CC1. The number of anilines is 1. The molecular weight excluding hydrogens is 538 g/mol. The molecule has 1 N–H and O–H groups in total. The number of carbonyl (C=O) groups is 2. The van der Waals surface area contributed by atoms with E-state index in [-0.39, 0.29) is 17.6 Å². The molecule has 0 aliphatic carbocycles. The highest BCUT2D eigenvalue weighted by atomic mass is 35.5. The molecule has 0 spiro atoms. The van der Waals surface area contributed by atoms with Gasteiger partial charge in [0.25, 0.3) is 0 Å². The number of benzene rings is 2. The molecule has 9 heteroatoms. The Balaban J connectivity index is 1.44. The van der Waals surface area contributed by atoms with E-state index in [0.29, 0.717) is 61.5 Å². The first-order chi connectivity index (χ1) is 18.8. The number of hydrogen-bond acceptors (Lipinski definition) is 4. The second kappa shape index (κ2) is 13.8. The topological polar surface area (TPSA) is 55.9 Å². The van der Waals surface area contributed by atoms with Crippen molar-refractivity contribution >= 4 is 40.7 Å². The van der Waals surface area contributed by atoms with Crippen LogP contribution in [0.2, 0.25) is 10.0 Å². The first-order valence-corrected chi connectivity index (χ1v) is 14.8. The van der Waals surface area contributed by atoms with Crippen molar-refractivity contribution in [3.8, 4) is 0 Å². The van der Waals surface area contributed by atoms with Crippen LogP contribution in [-0.4, -0.2) is 73.5 Å². The molecule has 2 atom stereocenters. The molecule has 2 aliphatic rings. The van der Waals surface area contributed by atoms with Gasteiger partial charge in [0.1, 0.15) is 11.9 Å². The number of amides is 2. The molecule has 0 radical (unpaired) electrons. The summed E-state index contributed by atoms with van der Waals surface area (Å²) in [4.78, 5) is 32.3. The molecule has 39 heavy (non-hydrogen) atoms. The van der Waals surface area contributed by atoms with Gasteiger partial charge in [0.2, 0.25) is 11.8 Å². The number of nitrogens with one attached hydrogen (secondary N) is 1. The number of likely N-dealkylation sites (tertiary alicyclic amines) is 1. The molecule has 4 rings (SSSR count). The quantitative estimate of drug-likeness (QED) is 0.400. The minimum Gasteiger partial charge on any atom is -0.368 e. The minimum atomic E-state index is -0.593. The van der Waals surface area contributed by atoms with E-state index >= 15 is 0 Å². The molecule has 6 nitrogen and oxygen atoms in total. The van der Waals surface area contributed by atoms with Gasteiger partial charge in [0, 0.05) is 61.3 Å². The van der Waals surface area contributed by atoms with Crippen LogP contribution in [0.4, 0.5) is 10.1 Å². The Kier molecular flexibility index (Phi) is 10.5. The second-order valence-corrected chi connectivity index (χ2v) is 11.5. The molecule has 2 fully saturated rings. The highest BCUT2D eigenvalue weighted by Crippen LogP contribution is 2.28. The molecule has 2 aromatic rings. The predicted octanol–water partition coefficient (Wildman–Crippen LogP) is 5.19. The Hall–Kier alpha value is -2.35. The van der Waals surface area contributed by atoms with Crippen LogP contribution in [0.5, 0.6) is 0 Å². The molecule has 0 aromatic heterocycles. The lowest BCUT2D eigenvalue weighted by Gasteiger charge is -2.40. The van der Waals surface area contributed by atoms with Crippen molar-refractivity contribution in [1.82, 2.24) is 15.1 Å². The summed E-state index contributed by atoms with van der Waals surface area (Å²) in [6.07, 6.45) is 3.35. The van der Waals surface area contributed by atoms with E-state index in [2.05, 4.69) is 24.1 Å². The third-order valence-electron chi connectivity index (χ3n) is 7.82. The lowest BCUT2D eigenvalue weighted by molar-refractivity contribution is -0.143. The van der Waals surface area contributed by atoms with Crippen LogP contribution < -0.4 is 10.2 Å². The maximum Gasteiger partial charge on any atom is 0.245 e. The molecule has 0 bridgehead atoms. The first-order valence-electron chi connectivity index (χ1n) is 14.0. The average Bonchev–Trinajstić information content (AvgIpc) is 3.35. The molecule has 2 heterocycles. The number of rotatable bonds is 11. The summed E-state index contributed by atoms with van der Waals surface area (Å²) in [5.41, 5.74) is 2.85. The van der Waals surface area contributed by atoms with E-state index in [4.69, 9.17) is 23.2 Å². The van der Waals surface area contributed by atoms with Crippen LogP contribution in [0.15, 0.2) is 36.4 Å². The molecular formula is C30H39Cl2FN4O2.